The van der Waals surface area contributed by atoms with Crippen molar-refractivity contribution in [2.75, 3.05) is 13.2 Å². The van der Waals surface area contributed by atoms with Gasteiger partial charge in [0.1, 0.15) is 0 Å². The lowest BCUT2D eigenvalue weighted by atomic mass is 9.85. The summed E-state index contributed by atoms with van der Waals surface area (Å²) in [7, 11) is 0. The molecule has 7 nitrogen and oxygen atoms in total. The van der Waals surface area contributed by atoms with E-state index >= 15 is 0 Å². The molecule has 2 rings (SSSR count). The predicted molar refractivity (Wildman–Crippen MR) is 81.3 cm³/mol. The van der Waals surface area contributed by atoms with Crippen molar-refractivity contribution in [2.45, 2.75) is 33.2 Å². The highest BCUT2D eigenvalue weighted by atomic mass is 16.6. The fourth-order valence-electron chi connectivity index (χ4n) is 2.53. The quantitative estimate of drug-likeness (QED) is 0.855. The summed E-state index contributed by atoms with van der Waals surface area (Å²) in [6.07, 6.45) is -1.67. The average molecular weight is 320 g/mol. The number of hydrogen-bond donors (Lipinski definition) is 0. The molecule has 3 amide bonds. The molecule has 0 radical (unpaired) electrons. The van der Waals surface area contributed by atoms with Crippen LogP contribution in [0.3, 0.4) is 0 Å². The molecule has 0 bridgehead atoms. The Balaban J connectivity index is 2.43. The summed E-state index contributed by atoms with van der Waals surface area (Å²) in [5.74, 6) is -0.533. The highest BCUT2D eigenvalue weighted by molar-refractivity contribution is 6.06. The maximum atomic E-state index is 12.6. The molecule has 1 aliphatic rings. The number of amides is 3. The standard InChI is InChI=1S/C16H20N2O5/c1-5-22-14(20)17-13(19)16(4,18(17)15(21)23-6-2)12-9-7-8-11(3)10-12/h7-10H,5-6H2,1-4H3/t16-/m1/s1. The van der Waals surface area contributed by atoms with Crippen LogP contribution in [-0.4, -0.2) is 41.3 Å². The fourth-order valence-corrected chi connectivity index (χ4v) is 2.53. The Labute approximate surface area is 134 Å². The molecule has 1 fully saturated rings. The number of ether oxygens (including phenoxy) is 2. The van der Waals surface area contributed by atoms with E-state index in [-0.39, 0.29) is 13.2 Å². The molecule has 0 aromatic heterocycles. The van der Waals surface area contributed by atoms with E-state index in [9.17, 15) is 14.4 Å². The predicted octanol–water partition coefficient (Wildman–Crippen LogP) is 2.58. The van der Waals surface area contributed by atoms with Crippen LogP contribution in [-0.2, 0) is 19.8 Å². The second-order valence-corrected chi connectivity index (χ2v) is 5.27. The number of hydrogen-bond acceptors (Lipinski definition) is 5. The topological polar surface area (TPSA) is 76.2 Å². The maximum Gasteiger partial charge on any atom is 0.436 e. The summed E-state index contributed by atoms with van der Waals surface area (Å²) in [5, 5.41) is 1.69. The Bertz CT molecular complexity index is 645. The molecule has 1 aromatic rings. The van der Waals surface area contributed by atoms with Crippen LogP contribution in [0.15, 0.2) is 24.3 Å². The zero-order valence-electron chi connectivity index (χ0n) is 13.7. The minimum atomic E-state index is -1.30. The van der Waals surface area contributed by atoms with E-state index in [2.05, 4.69) is 0 Å². The Morgan fingerprint density at radius 2 is 1.74 bits per heavy atom. The molecule has 1 atom stereocenters. The Hall–Kier alpha value is -2.57. The second-order valence-electron chi connectivity index (χ2n) is 5.27. The molecular formula is C16H20N2O5. The van der Waals surface area contributed by atoms with Gasteiger partial charge in [0.05, 0.1) is 13.2 Å². The maximum absolute atomic E-state index is 12.6. The van der Waals surface area contributed by atoms with Gasteiger partial charge in [-0.2, -0.15) is 5.01 Å². The molecule has 1 aromatic carbocycles. The molecule has 1 aliphatic heterocycles. The smallest absolute Gasteiger partial charge is 0.436 e. The first-order valence-electron chi connectivity index (χ1n) is 7.43. The largest absolute Gasteiger partial charge is 0.448 e. The summed E-state index contributed by atoms with van der Waals surface area (Å²) in [6.45, 7) is 6.96. The van der Waals surface area contributed by atoms with Gasteiger partial charge < -0.3 is 9.47 Å². The van der Waals surface area contributed by atoms with Gasteiger partial charge in [-0.1, -0.05) is 29.8 Å². The highest BCUT2D eigenvalue weighted by Gasteiger charge is 2.63. The van der Waals surface area contributed by atoms with Crippen molar-refractivity contribution in [1.29, 1.82) is 0 Å². The van der Waals surface area contributed by atoms with Gasteiger partial charge in [0.25, 0.3) is 5.91 Å². The van der Waals surface area contributed by atoms with Gasteiger partial charge >= 0.3 is 12.2 Å². The summed E-state index contributed by atoms with van der Waals surface area (Å²) < 4.78 is 9.83. The monoisotopic (exact) mass is 320 g/mol. The molecular weight excluding hydrogens is 300 g/mol. The van der Waals surface area contributed by atoms with Crippen molar-refractivity contribution in [3.63, 3.8) is 0 Å². The molecule has 23 heavy (non-hydrogen) atoms. The lowest BCUT2D eigenvalue weighted by Gasteiger charge is -2.53. The number of imide groups is 1. The third-order valence-electron chi connectivity index (χ3n) is 3.69. The molecule has 0 spiro atoms. The number of nitrogens with zero attached hydrogens (tertiary/aromatic N) is 2. The van der Waals surface area contributed by atoms with E-state index in [1.54, 1.807) is 39.0 Å². The minimum Gasteiger partial charge on any atom is -0.448 e. The van der Waals surface area contributed by atoms with Crippen molar-refractivity contribution in [3.8, 4) is 0 Å². The van der Waals surface area contributed by atoms with Crippen LogP contribution in [0, 0.1) is 6.92 Å². The number of carbonyl (C=O) groups excluding carboxylic acids is 3. The Morgan fingerprint density at radius 1 is 1.13 bits per heavy atom. The van der Waals surface area contributed by atoms with Crippen LogP contribution < -0.4 is 0 Å². The van der Waals surface area contributed by atoms with Gasteiger partial charge in [-0.15, -0.1) is 5.01 Å². The van der Waals surface area contributed by atoms with Gasteiger partial charge in [0.2, 0.25) is 0 Å². The van der Waals surface area contributed by atoms with Crippen LogP contribution in [0.1, 0.15) is 31.9 Å². The van der Waals surface area contributed by atoms with Crippen LogP contribution in [0.25, 0.3) is 0 Å². The lowest BCUT2D eigenvalue weighted by Crippen LogP contribution is -2.76. The van der Waals surface area contributed by atoms with Crippen LogP contribution in [0.2, 0.25) is 0 Å². The first-order valence-corrected chi connectivity index (χ1v) is 7.43. The molecule has 1 saturated heterocycles. The lowest BCUT2D eigenvalue weighted by molar-refractivity contribution is -0.198. The second kappa shape index (κ2) is 6.28. The van der Waals surface area contributed by atoms with Gasteiger partial charge in [-0.3, -0.25) is 4.79 Å². The molecule has 0 aliphatic carbocycles. The first-order chi connectivity index (χ1) is 10.9. The molecule has 0 unspecified atom stereocenters. The van der Waals surface area contributed by atoms with Gasteiger partial charge in [0.15, 0.2) is 5.54 Å². The van der Waals surface area contributed by atoms with Crippen LogP contribution >= 0.6 is 0 Å². The number of hydrazine groups is 1. The summed E-state index contributed by atoms with van der Waals surface area (Å²) >= 11 is 0. The van der Waals surface area contributed by atoms with Crippen LogP contribution in [0.4, 0.5) is 9.59 Å². The Kier molecular flexibility index (Phi) is 4.58. The number of carbonyl (C=O) groups is 3. The number of aryl methyl sites for hydroxylation is 1. The number of rotatable bonds is 3. The normalized spacial score (nSPS) is 20.1. The third kappa shape index (κ3) is 2.62. The van der Waals surface area contributed by atoms with E-state index in [4.69, 9.17) is 9.47 Å². The first kappa shape index (κ1) is 16.8. The SMILES string of the molecule is CCOC(=O)N1C(=O)[C@@](C)(c2cccc(C)c2)N1C(=O)OCC. The van der Waals surface area contributed by atoms with Crippen molar-refractivity contribution < 1.29 is 23.9 Å². The number of benzene rings is 1. The van der Waals surface area contributed by atoms with Crippen molar-refractivity contribution >= 4 is 18.1 Å². The minimum absolute atomic E-state index is 0.0977. The molecule has 7 heteroatoms. The Morgan fingerprint density at radius 3 is 2.30 bits per heavy atom. The van der Waals surface area contributed by atoms with Crippen molar-refractivity contribution in [3.05, 3.63) is 35.4 Å². The van der Waals surface area contributed by atoms with E-state index < -0.39 is 23.6 Å². The van der Waals surface area contributed by atoms with Crippen LogP contribution in [0.5, 0.6) is 0 Å². The van der Waals surface area contributed by atoms with E-state index in [1.165, 1.54) is 0 Å². The fraction of sp³-hybridized carbons (Fsp3) is 0.438. The van der Waals surface area contributed by atoms with E-state index in [1.807, 2.05) is 13.0 Å². The summed E-state index contributed by atoms with van der Waals surface area (Å²) in [4.78, 5) is 36.8. The average Bonchev–Trinajstić information content (AvgIpc) is 2.51. The molecule has 0 saturated carbocycles. The van der Waals surface area contributed by atoms with Gasteiger partial charge in [-0.05, 0) is 33.3 Å². The zero-order valence-corrected chi connectivity index (χ0v) is 13.7. The van der Waals surface area contributed by atoms with Gasteiger partial charge in [-0.25, -0.2) is 9.59 Å². The van der Waals surface area contributed by atoms with Crippen molar-refractivity contribution in [1.82, 2.24) is 10.0 Å². The summed E-state index contributed by atoms with van der Waals surface area (Å²) in [5.41, 5.74) is 0.247. The van der Waals surface area contributed by atoms with Crippen molar-refractivity contribution in [2.24, 2.45) is 0 Å². The van der Waals surface area contributed by atoms with Gasteiger partial charge in [0, 0.05) is 0 Å². The molecule has 0 N–H and O–H groups in total. The highest BCUT2D eigenvalue weighted by Crippen LogP contribution is 2.41. The van der Waals surface area contributed by atoms with E-state index in [0.29, 0.717) is 10.6 Å². The summed E-state index contributed by atoms with van der Waals surface area (Å²) in [6, 6.07) is 7.21. The third-order valence-corrected chi connectivity index (χ3v) is 3.69. The molecule has 1 heterocycles. The zero-order chi connectivity index (χ0) is 17.2. The van der Waals surface area contributed by atoms with E-state index in [0.717, 1.165) is 10.6 Å². The molecule has 124 valence electrons.